The molecule has 1 aliphatic rings. The molecule has 142 valence electrons. The van der Waals surface area contributed by atoms with Gasteiger partial charge in [0, 0.05) is 44.0 Å². The highest BCUT2D eigenvalue weighted by Gasteiger charge is 2.19. The number of hydrogen-bond acceptors (Lipinski definition) is 3. The van der Waals surface area contributed by atoms with Crippen LogP contribution in [0.25, 0.3) is 0 Å². The first kappa shape index (κ1) is 19.7. The number of ketones is 1. The van der Waals surface area contributed by atoms with Crippen molar-refractivity contribution in [1.82, 2.24) is 9.80 Å². The third-order valence-corrected chi connectivity index (χ3v) is 5.22. The average molecular weight is 406 g/mol. The maximum absolute atomic E-state index is 13.3. The molecule has 7 heteroatoms. The molecule has 0 radical (unpaired) electrons. The Morgan fingerprint density at radius 3 is 2.59 bits per heavy atom. The smallest absolute Gasteiger partial charge is 0.173 e. The Bertz CT molecular complexity index is 853. The molecule has 1 heterocycles. The van der Waals surface area contributed by atoms with Crippen LogP contribution in [-0.2, 0) is 6.54 Å². The van der Waals surface area contributed by atoms with Crippen molar-refractivity contribution in [2.24, 2.45) is 0 Å². The lowest BCUT2D eigenvalue weighted by molar-refractivity contribution is 0.101. The van der Waals surface area contributed by atoms with Gasteiger partial charge >= 0.3 is 0 Å². The molecule has 1 aliphatic heterocycles. The lowest BCUT2D eigenvalue weighted by Gasteiger charge is -2.36. The number of rotatable bonds is 4. The molecule has 2 aromatic rings. The van der Waals surface area contributed by atoms with E-state index in [2.05, 4.69) is 15.1 Å². The van der Waals surface area contributed by atoms with Crippen molar-refractivity contribution in [2.45, 2.75) is 13.5 Å². The number of benzene rings is 2. The second-order valence-corrected chi connectivity index (χ2v) is 7.37. The van der Waals surface area contributed by atoms with Crippen molar-refractivity contribution in [3.8, 4) is 0 Å². The summed E-state index contributed by atoms with van der Waals surface area (Å²) >= 11 is 11.4. The molecule has 0 aromatic heterocycles. The number of carbonyl (C=O) groups excluding carboxylic acids is 1. The fraction of sp³-hybridized carbons (Fsp3) is 0.300. The summed E-state index contributed by atoms with van der Waals surface area (Å²) in [6.07, 6.45) is 0. The Morgan fingerprint density at radius 1 is 1.19 bits per heavy atom. The predicted molar refractivity (Wildman–Crippen MR) is 111 cm³/mol. The summed E-state index contributed by atoms with van der Waals surface area (Å²) in [4.78, 5) is 15.9. The monoisotopic (exact) mass is 405 g/mol. The molecule has 2 aromatic carbocycles. The van der Waals surface area contributed by atoms with Crippen molar-refractivity contribution in [2.75, 3.05) is 31.5 Å². The number of piperazine rings is 1. The summed E-state index contributed by atoms with van der Waals surface area (Å²) in [6.45, 7) is 5.58. The maximum Gasteiger partial charge on any atom is 0.173 e. The van der Waals surface area contributed by atoms with Crippen molar-refractivity contribution >= 4 is 40.4 Å². The van der Waals surface area contributed by atoms with Gasteiger partial charge in [-0.15, -0.1) is 0 Å². The largest absolute Gasteiger partial charge is 0.346 e. The number of anilines is 1. The van der Waals surface area contributed by atoms with Crippen molar-refractivity contribution in [1.29, 1.82) is 0 Å². The van der Waals surface area contributed by atoms with Gasteiger partial charge < -0.3 is 10.2 Å². The summed E-state index contributed by atoms with van der Waals surface area (Å²) < 4.78 is 13.3. The van der Waals surface area contributed by atoms with Gasteiger partial charge in [0.05, 0.1) is 5.02 Å². The van der Waals surface area contributed by atoms with Crippen LogP contribution in [0.2, 0.25) is 5.02 Å². The summed E-state index contributed by atoms with van der Waals surface area (Å²) in [6, 6.07) is 12.2. The average Bonchev–Trinajstić information content (AvgIpc) is 2.65. The SMILES string of the molecule is CC(=O)c1cccc(NC(=S)N2CCN(Cc3ccc(F)c(Cl)c3)CC2)c1. The Morgan fingerprint density at radius 2 is 1.93 bits per heavy atom. The first-order valence-corrected chi connectivity index (χ1v) is 9.54. The molecule has 1 saturated heterocycles. The molecule has 3 rings (SSSR count). The van der Waals surface area contributed by atoms with Gasteiger partial charge in [0.15, 0.2) is 10.9 Å². The molecule has 0 atom stereocenters. The van der Waals surface area contributed by atoms with E-state index in [1.54, 1.807) is 25.1 Å². The zero-order valence-corrected chi connectivity index (χ0v) is 16.6. The van der Waals surface area contributed by atoms with Gasteiger partial charge in [-0.25, -0.2) is 4.39 Å². The topological polar surface area (TPSA) is 35.6 Å². The normalized spacial score (nSPS) is 14.9. The van der Waals surface area contributed by atoms with Crippen LogP contribution in [0.15, 0.2) is 42.5 Å². The van der Waals surface area contributed by atoms with Gasteiger partial charge in [-0.3, -0.25) is 9.69 Å². The number of thiocarbonyl (C=S) groups is 1. The molecule has 1 N–H and O–H groups in total. The third-order valence-electron chi connectivity index (χ3n) is 4.57. The molecule has 4 nitrogen and oxygen atoms in total. The van der Waals surface area contributed by atoms with E-state index >= 15 is 0 Å². The third kappa shape index (κ3) is 5.25. The number of carbonyl (C=O) groups is 1. The van der Waals surface area contributed by atoms with Crippen LogP contribution in [0.1, 0.15) is 22.8 Å². The molecule has 1 fully saturated rings. The molecule has 0 saturated carbocycles. The summed E-state index contributed by atoms with van der Waals surface area (Å²) in [5, 5.41) is 4.02. The zero-order valence-electron chi connectivity index (χ0n) is 15.0. The van der Waals surface area contributed by atoms with Crippen molar-refractivity contribution < 1.29 is 9.18 Å². The van der Waals surface area contributed by atoms with Gasteiger partial charge in [-0.05, 0) is 49.0 Å². The highest BCUT2D eigenvalue weighted by molar-refractivity contribution is 7.80. The van der Waals surface area contributed by atoms with Crippen LogP contribution in [0.4, 0.5) is 10.1 Å². The Balaban J connectivity index is 1.52. The summed E-state index contributed by atoms with van der Waals surface area (Å²) in [7, 11) is 0. The first-order valence-electron chi connectivity index (χ1n) is 8.75. The van der Waals surface area contributed by atoms with Crippen LogP contribution >= 0.6 is 23.8 Å². The molecule has 0 unspecified atom stereocenters. The highest BCUT2D eigenvalue weighted by Crippen LogP contribution is 2.18. The van der Waals surface area contributed by atoms with Crippen LogP contribution in [0.5, 0.6) is 0 Å². The second-order valence-electron chi connectivity index (χ2n) is 6.58. The van der Waals surface area contributed by atoms with Crippen molar-refractivity contribution in [3.05, 3.63) is 64.4 Å². The first-order chi connectivity index (χ1) is 12.9. The lowest BCUT2D eigenvalue weighted by atomic mass is 10.1. The molecule has 0 spiro atoms. The summed E-state index contributed by atoms with van der Waals surface area (Å²) in [5.74, 6) is -0.366. The molecule has 27 heavy (non-hydrogen) atoms. The number of hydrogen-bond donors (Lipinski definition) is 1. The predicted octanol–water partition coefficient (Wildman–Crippen LogP) is 4.20. The van der Waals surface area contributed by atoms with E-state index in [1.807, 2.05) is 18.2 Å². The van der Waals surface area contributed by atoms with E-state index in [0.717, 1.165) is 44.0 Å². The van der Waals surface area contributed by atoms with E-state index in [9.17, 15) is 9.18 Å². The van der Waals surface area contributed by atoms with E-state index < -0.39 is 5.82 Å². The molecule has 0 aliphatic carbocycles. The minimum Gasteiger partial charge on any atom is -0.346 e. The van der Waals surface area contributed by atoms with E-state index in [-0.39, 0.29) is 10.8 Å². The van der Waals surface area contributed by atoms with Crippen molar-refractivity contribution in [3.63, 3.8) is 0 Å². The minimum atomic E-state index is -0.393. The van der Waals surface area contributed by atoms with Gasteiger partial charge in [-0.2, -0.15) is 0 Å². The fourth-order valence-electron chi connectivity index (χ4n) is 3.02. The number of Topliss-reactive ketones (excluding diaryl/α,β-unsaturated/α-hetero) is 1. The Labute approximate surface area is 168 Å². The van der Waals surface area contributed by atoms with Crippen LogP contribution in [0.3, 0.4) is 0 Å². The van der Waals surface area contributed by atoms with Gasteiger partial charge in [0.2, 0.25) is 0 Å². The van der Waals surface area contributed by atoms with Crippen LogP contribution in [0, 0.1) is 5.82 Å². The van der Waals surface area contributed by atoms with E-state index in [4.69, 9.17) is 23.8 Å². The van der Waals surface area contributed by atoms with Gasteiger partial charge in [0.1, 0.15) is 5.82 Å². The van der Waals surface area contributed by atoms with Gasteiger partial charge in [0.25, 0.3) is 0 Å². The number of nitrogens with one attached hydrogen (secondary N) is 1. The minimum absolute atomic E-state index is 0.0269. The Hall–Kier alpha value is -2.02. The summed E-state index contributed by atoms with van der Waals surface area (Å²) in [5.41, 5.74) is 2.47. The van der Waals surface area contributed by atoms with Crippen LogP contribution in [-0.4, -0.2) is 46.9 Å². The van der Waals surface area contributed by atoms with Crippen LogP contribution < -0.4 is 5.32 Å². The standard InChI is InChI=1S/C20H21ClFN3OS/c1-14(26)16-3-2-4-17(12-16)23-20(27)25-9-7-24(8-10-25)13-15-5-6-19(22)18(21)11-15/h2-6,11-12H,7-10,13H2,1H3,(H,23,27). The molecular formula is C20H21ClFN3OS. The second kappa shape index (κ2) is 8.78. The molecule has 0 amide bonds. The van der Waals surface area contributed by atoms with E-state index in [1.165, 1.54) is 6.07 Å². The van der Waals surface area contributed by atoms with E-state index in [0.29, 0.717) is 10.7 Å². The Kier molecular flexibility index (Phi) is 6.42. The number of halogens is 2. The quantitative estimate of drug-likeness (QED) is 0.609. The van der Waals surface area contributed by atoms with Gasteiger partial charge in [-0.1, -0.05) is 29.8 Å². The fourth-order valence-corrected chi connectivity index (χ4v) is 3.53. The highest BCUT2D eigenvalue weighted by atomic mass is 35.5. The lowest BCUT2D eigenvalue weighted by Crippen LogP contribution is -2.49. The molecular weight excluding hydrogens is 385 g/mol. The number of nitrogens with zero attached hydrogens (tertiary/aromatic N) is 2. The maximum atomic E-state index is 13.3. The molecule has 0 bridgehead atoms. The zero-order chi connectivity index (χ0) is 19.4.